The first-order chi connectivity index (χ1) is 7.63. The molecule has 1 fully saturated rings. The second kappa shape index (κ2) is 4.08. The summed E-state index contributed by atoms with van der Waals surface area (Å²) in [5.41, 5.74) is 0.946. The number of hydrogen-bond acceptors (Lipinski definition) is 1. The molecule has 1 aromatic rings. The van der Waals surface area contributed by atoms with Crippen molar-refractivity contribution in [3.8, 4) is 0 Å². The van der Waals surface area contributed by atoms with Crippen LogP contribution in [0.3, 0.4) is 0 Å². The van der Waals surface area contributed by atoms with Crippen LogP contribution in [0.4, 0.5) is 10.1 Å². The van der Waals surface area contributed by atoms with Gasteiger partial charge in [-0.05, 0) is 18.6 Å². The van der Waals surface area contributed by atoms with Crippen LogP contribution in [0.25, 0.3) is 0 Å². The normalized spacial score (nSPS) is 20.2. The first-order valence-corrected chi connectivity index (χ1v) is 5.31. The molecule has 1 atom stereocenters. The molecular weight excluding hydrogens is 205 g/mol. The number of carbonyl (C=O) groups is 1. The first kappa shape index (κ1) is 10.9. The molecule has 0 aliphatic carbocycles. The molecule has 0 spiro atoms. The zero-order valence-corrected chi connectivity index (χ0v) is 9.24. The van der Waals surface area contributed by atoms with Gasteiger partial charge in [0.15, 0.2) is 0 Å². The highest BCUT2D eigenvalue weighted by atomic mass is 19.1. The lowest BCUT2D eigenvalue weighted by Gasteiger charge is -2.17. The van der Waals surface area contributed by atoms with Gasteiger partial charge in [0.1, 0.15) is 5.82 Å². The predicted octanol–water partition coefficient (Wildman–Crippen LogP) is 2.67. The molecule has 0 saturated carbocycles. The van der Waals surface area contributed by atoms with E-state index in [0.717, 1.165) is 0 Å². The van der Waals surface area contributed by atoms with Crippen LogP contribution >= 0.6 is 0 Å². The molecule has 1 amide bonds. The third-order valence-electron chi connectivity index (χ3n) is 2.95. The SMILES string of the molecule is C=CC1CC(=O)N(c2cccc(C)c2F)C1. The van der Waals surface area contributed by atoms with Gasteiger partial charge in [0.25, 0.3) is 0 Å². The Labute approximate surface area is 94.4 Å². The van der Waals surface area contributed by atoms with Gasteiger partial charge in [-0.25, -0.2) is 4.39 Å². The highest BCUT2D eigenvalue weighted by molar-refractivity contribution is 5.96. The van der Waals surface area contributed by atoms with Gasteiger partial charge >= 0.3 is 0 Å². The van der Waals surface area contributed by atoms with E-state index in [-0.39, 0.29) is 17.6 Å². The summed E-state index contributed by atoms with van der Waals surface area (Å²) in [4.78, 5) is 13.2. The Morgan fingerprint density at radius 2 is 2.31 bits per heavy atom. The number of anilines is 1. The summed E-state index contributed by atoms with van der Waals surface area (Å²) >= 11 is 0. The van der Waals surface area contributed by atoms with E-state index >= 15 is 0 Å². The lowest BCUT2D eigenvalue weighted by Crippen LogP contribution is -2.25. The zero-order chi connectivity index (χ0) is 11.7. The Morgan fingerprint density at radius 3 is 2.94 bits per heavy atom. The van der Waals surface area contributed by atoms with Crippen molar-refractivity contribution in [2.45, 2.75) is 13.3 Å². The summed E-state index contributed by atoms with van der Waals surface area (Å²) in [6.07, 6.45) is 2.18. The van der Waals surface area contributed by atoms with Crippen molar-refractivity contribution >= 4 is 11.6 Å². The Hall–Kier alpha value is -1.64. The van der Waals surface area contributed by atoms with Gasteiger partial charge < -0.3 is 4.90 Å². The van der Waals surface area contributed by atoms with Crippen molar-refractivity contribution in [2.75, 3.05) is 11.4 Å². The molecule has 1 saturated heterocycles. The number of hydrogen-bond donors (Lipinski definition) is 0. The molecule has 1 unspecified atom stereocenters. The average molecular weight is 219 g/mol. The van der Waals surface area contributed by atoms with Crippen LogP contribution < -0.4 is 4.90 Å². The molecule has 1 aromatic carbocycles. The van der Waals surface area contributed by atoms with Gasteiger partial charge in [0, 0.05) is 18.9 Å². The quantitative estimate of drug-likeness (QED) is 0.700. The zero-order valence-electron chi connectivity index (χ0n) is 9.24. The monoisotopic (exact) mass is 219 g/mol. The summed E-state index contributed by atoms with van der Waals surface area (Å²) in [5.74, 6) is -0.206. The van der Waals surface area contributed by atoms with E-state index in [9.17, 15) is 9.18 Å². The fourth-order valence-electron chi connectivity index (χ4n) is 1.97. The maximum absolute atomic E-state index is 13.8. The van der Waals surface area contributed by atoms with Crippen LogP contribution in [0.5, 0.6) is 0 Å². The number of carbonyl (C=O) groups excluding carboxylic acids is 1. The lowest BCUT2D eigenvalue weighted by atomic mass is 10.1. The predicted molar refractivity (Wildman–Crippen MR) is 61.8 cm³/mol. The van der Waals surface area contributed by atoms with Crippen LogP contribution in [-0.2, 0) is 4.79 Å². The molecule has 1 aliphatic rings. The van der Waals surface area contributed by atoms with Crippen LogP contribution in [0.1, 0.15) is 12.0 Å². The number of rotatable bonds is 2. The maximum atomic E-state index is 13.8. The molecule has 16 heavy (non-hydrogen) atoms. The van der Waals surface area contributed by atoms with Gasteiger partial charge in [0.05, 0.1) is 5.69 Å². The van der Waals surface area contributed by atoms with Crippen molar-refractivity contribution in [1.82, 2.24) is 0 Å². The van der Waals surface area contributed by atoms with E-state index in [1.54, 1.807) is 31.2 Å². The molecule has 2 nitrogen and oxygen atoms in total. The van der Waals surface area contributed by atoms with E-state index < -0.39 is 0 Å². The Morgan fingerprint density at radius 1 is 1.56 bits per heavy atom. The minimum Gasteiger partial charge on any atom is -0.309 e. The molecule has 84 valence electrons. The van der Waals surface area contributed by atoms with Crippen LogP contribution in [0, 0.1) is 18.7 Å². The Kier molecular flexibility index (Phi) is 2.77. The summed E-state index contributed by atoms with van der Waals surface area (Å²) in [6, 6.07) is 5.11. The van der Waals surface area contributed by atoms with Crippen molar-refractivity contribution in [3.63, 3.8) is 0 Å². The number of aryl methyl sites for hydroxylation is 1. The van der Waals surface area contributed by atoms with Gasteiger partial charge in [0.2, 0.25) is 5.91 Å². The summed E-state index contributed by atoms with van der Waals surface area (Å²) in [5, 5.41) is 0. The van der Waals surface area contributed by atoms with Gasteiger partial charge in [-0.15, -0.1) is 6.58 Å². The van der Waals surface area contributed by atoms with Crippen molar-refractivity contribution in [3.05, 3.63) is 42.2 Å². The number of nitrogens with zero attached hydrogens (tertiary/aromatic N) is 1. The minimum absolute atomic E-state index is 0.0330. The molecule has 0 bridgehead atoms. The molecule has 1 heterocycles. The van der Waals surface area contributed by atoms with Crippen molar-refractivity contribution in [2.24, 2.45) is 5.92 Å². The fourth-order valence-corrected chi connectivity index (χ4v) is 1.97. The Bertz CT molecular complexity index is 442. The van der Waals surface area contributed by atoms with E-state index in [1.165, 1.54) is 4.90 Å². The second-order valence-electron chi connectivity index (χ2n) is 4.11. The van der Waals surface area contributed by atoms with Crippen molar-refractivity contribution in [1.29, 1.82) is 0 Å². The van der Waals surface area contributed by atoms with Crippen LogP contribution in [0.15, 0.2) is 30.9 Å². The minimum atomic E-state index is -0.305. The molecular formula is C13H14FNO. The third-order valence-corrected chi connectivity index (χ3v) is 2.95. The molecule has 0 N–H and O–H groups in total. The molecule has 0 aromatic heterocycles. The number of halogens is 1. The van der Waals surface area contributed by atoms with Crippen LogP contribution in [0.2, 0.25) is 0 Å². The number of amides is 1. The van der Waals surface area contributed by atoms with Gasteiger partial charge in [-0.3, -0.25) is 4.79 Å². The van der Waals surface area contributed by atoms with E-state index in [2.05, 4.69) is 6.58 Å². The summed E-state index contributed by atoms with van der Waals surface area (Å²) < 4.78 is 13.8. The highest BCUT2D eigenvalue weighted by Crippen LogP contribution is 2.28. The smallest absolute Gasteiger partial charge is 0.227 e. The standard InChI is InChI=1S/C13H14FNO/c1-3-10-7-12(16)15(8-10)11-6-4-5-9(2)13(11)14/h3-6,10H,1,7-8H2,2H3. The van der Waals surface area contributed by atoms with E-state index in [0.29, 0.717) is 24.2 Å². The van der Waals surface area contributed by atoms with Crippen molar-refractivity contribution < 1.29 is 9.18 Å². The van der Waals surface area contributed by atoms with Gasteiger partial charge in [-0.1, -0.05) is 18.2 Å². The molecule has 3 heteroatoms. The maximum Gasteiger partial charge on any atom is 0.227 e. The molecule has 0 radical (unpaired) electrons. The molecule has 2 rings (SSSR count). The summed E-state index contributed by atoms with van der Waals surface area (Å²) in [6.45, 7) is 5.90. The largest absolute Gasteiger partial charge is 0.309 e. The Balaban J connectivity index is 2.35. The lowest BCUT2D eigenvalue weighted by molar-refractivity contribution is -0.117. The number of benzene rings is 1. The highest BCUT2D eigenvalue weighted by Gasteiger charge is 2.30. The second-order valence-corrected chi connectivity index (χ2v) is 4.11. The first-order valence-electron chi connectivity index (χ1n) is 5.31. The van der Waals surface area contributed by atoms with Crippen LogP contribution in [-0.4, -0.2) is 12.5 Å². The van der Waals surface area contributed by atoms with E-state index in [4.69, 9.17) is 0 Å². The van der Waals surface area contributed by atoms with Gasteiger partial charge in [-0.2, -0.15) is 0 Å². The summed E-state index contributed by atoms with van der Waals surface area (Å²) in [7, 11) is 0. The fraction of sp³-hybridized carbons (Fsp3) is 0.308. The third kappa shape index (κ3) is 1.73. The van der Waals surface area contributed by atoms with E-state index in [1.807, 2.05) is 0 Å². The molecule has 1 aliphatic heterocycles. The topological polar surface area (TPSA) is 20.3 Å². The average Bonchev–Trinajstić information content (AvgIpc) is 2.64.